The monoisotopic (exact) mass is 426 g/mol. The van der Waals surface area contributed by atoms with Crippen molar-refractivity contribution >= 4 is 44.9 Å². The highest BCUT2D eigenvalue weighted by Gasteiger charge is 2.34. The summed E-state index contributed by atoms with van der Waals surface area (Å²) < 4.78 is 6.91. The second-order valence-electron chi connectivity index (χ2n) is 7.70. The topological polar surface area (TPSA) is 114 Å². The number of thiophene rings is 1. The molecule has 2 atom stereocenters. The number of aromatic nitrogens is 2. The van der Waals surface area contributed by atoms with Crippen LogP contribution in [0.15, 0.2) is 34.1 Å². The van der Waals surface area contributed by atoms with Crippen LogP contribution in [0.2, 0.25) is 0 Å². The highest BCUT2D eigenvalue weighted by molar-refractivity contribution is 7.17. The second-order valence-corrected chi connectivity index (χ2v) is 8.61. The molecular weight excluding hydrogens is 404 g/mol. The van der Waals surface area contributed by atoms with E-state index in [0.29, 0.717) is 18.9 Å². The van der Waals surface area contributed by atoms with Crippen molar-refractivity contribution in [1.82, 2.24) is 15.5 Å². The van der Waals surface area contributed by atoms with Crippen LogP contribution in [0.3, 0.4) is 0 Å². The van der Waals surface area contributed by atoms with E-state index >= 15 is 0 Å². The van der Waals surface area contributed by atoms with Gasteiger partial charge in [-0.25, -0.2) is 0 Å². The number of carbonyl (C=O) groups excluding carboxylic acids is 3. The third-order valence-corrected chi connectivity index (χ3v) is 6.21. The molecule has 30 heavy (non-hydrogen) atoms. The number of ketones is 2. The van der Waals surface area contributed by atoms with Gasteiger partial charge in [0, 0.05) is 34.3 Å². The zero-order chi connectivity index (χ0) is 21.3. The molecule has 2 aromatic heterocycles. The number of rotatable bonds is 7. The summed E-state index contributed by atoms with van der Waals surface area (Å²) in [5.74, 6) is -1.56. The van der Waals surface area contributed by atoms with Gasteiger partial charge in [-0.3, -0.25) is 14.4 Å². The number of piperidine rings is 1. The number of Topliss-reactive ketones (excluding diaryl/α,β-unsaturated/α-hetero) is 2. The van der Waals surface area contributed by atoms with Gasteiger partial charge in [0.25, 0.3) is 11.8 Å². The Morgan fingerprint density at radius 1 is 1.30 bits per heavy atom. The van der Waals surface area contributed by atoms with Crippen LogP contribution in [0.1, 0.15) is 26.7 Å². The Morgan fingerprint density at radius 3 is 2.90 bits per heavy atom. The van der Waals surface area contributed by atoms with Crippen molar-refractivity contribution in [2.24, 2.45) is 11.8 Å². The largest absolute Gasteiger partial charge is 0.403 e. The van der Waals surface area contributed by atoms with Gasteiger partial charge < -0.3 is 15.1 Å². The quantitative estimate of drug-likeness (QED) is 0.558. The first kappa shape index (κ1) is 20.2. The summed E-state index contributed by atoms with van der Waals surface area (Å²) >= 11 is 1.59. The summed E-state index contributed by atoms with van der Waals surface area (Å²) in [7, 11) is 0. The molecule has 2 N–H and O–H groups in total. The molecular formula is C21H22N4O4S. The van der Waals surface area contributed by atoms with Gasteiger partial charge >= 0.3 is 6.01 Å². The predicted molar refractivity (Wildman–Crippen MR) is 113 cm³/mol. The normalized spacial score (nSPS) is 17.9. The minimum Gasteiger partial charge on any atom is -0.403 e. The third-order valence-electron chi connectivity index (χ3n) is 5.25. The standard InChI is InChI=1S/C21H22N4O4S/c1-11(2)17(15(26)9-12-7-8-22-19(28)18(12)27)23-21-25-24-20(29-21)14-10-30-16-6-4-3-5-13(14)16/h3-6,10-12,17H,7-9H2,1-2H3,(H,22,28)(H,23,25). The van der Waals surface area contributed by atoms with Crippen molar-refractivity contribution in [2.45, 2.75) is 32.7 Å². The Morgan fingerprint density at radius 2 is 2.10 bits per heavy atom. The van der Waals surface area contributed by atoms with E-state index in [1.165, 1.54) is 0 Å². The Hall–Kier alpha value is -3.07. The molecule has 1 aromatic carbocycles. The molecule has 2 unspecified atom stereocenters. The van der Waals surface area contributed by atoms with Gasteiger partial charge in [-0.05, 0) is 18.4 Å². The van der Waals surface area contributed by atoms with Gasteiger partial charge in [-0.1, -0.05) is 37.1 Å². The molecule has 3 aromatic rings. The first-order chi connectivity index (χ1) is 14.4. The van der Waals surface area contributed by atoms with E-state index in [1.54, 1.807) is 11.3 Å². The van der Waals surface area contributed by atoms with Crippen molar-refractivity contribution in [3.8, 4) is 11.5 Å². The maximum Gasteiger partial charge on any atom is 0.316 e. The van der Waals surface area contributed by atoms with Crippen LogP contribution < -0.4 is 10.6 Å². The fraction of sp³-hybridized carbons (Fsp3) is 0.381. The fourth-order valence-electron chi connectivity index (χ4n) is 3.61. The average Bonchev–Trinajstić information content (AvgIpc) is 3.36. The summed E-state index contributed by atoms with van der Waals surface area (Å²) in [6.07, 6.45) is 0.481. The molecule has 0 bridgehead atoms. The molecule has 3 heterocycles. The van der Waals surface area contributed by atoms with E-state index in [1.807, 2.05) is 43.5 Å². The number of hydrogen-bond acceptors (Lipinski definition) is 8. The number of nitrogens with zero attached hydrogens (tertiary/aromatic N) is 2. The van der Waals surface area contributed by atoms with Gasteiger partial charge in [-0.2, -0.15) is 0 Å². The maximum atomic E-state index is 12.9. The molecule has 8 nitrogen and oxygen atoms in total. The van der Waals surface area contributed by atoms with Crippen molar-refractivity contribution in [2.75, 3.05) is 11.9 Å². The number of amides is 1. The minimum absolute atomic E-state index is 0.0122. The molecule has 1 aliphatic rings. The minimum atomic E-state index is -0.613. The first-order valence-electron chi connectivity index (χ1n) is 9.85. The number of benzene rings is 1. The summed E-state index contributed by atoms with van der Waals surface area (Å²) in [4.78, 5) is 36.5. The molecule has 0 spiro atoms. The molecule has 9 heteroatoms. The Labute approximate surface area is 177 Å². The molecule has 1 saturated heterocycles. The van der Waals surface area contributed by atoms with Crippen LogP contribution in [0.25, 0.3) is 21.5 Å². The lowest BCUT2D eigenvalue weighted by Gasteiger charge is -2.24. The number of nitrogens with one attached hydrogen (secondary N) is 2. The number of hydrogen-bond donors (Lipinski definition) is 2. The maximum absolute atomic E-state index is 12.9. The van der Waals surface area contributed by atoms with Crippen molar-refractivity contribution < 1.29 is 18.8 Å². The van der Waals surface area contributed by atoms with Crippen molar-refractivity contribution in [3.63, 3.8) is 0 Å². The van der Waals surface area contributed by atoms with E-state index in [-0.39, 0.29) is 24.1 Å². The van der Waals surface area contributed by atoms with Gasteiger partial charge in [0.1, 0.15) is 0 Å². The van der Waals surface area contributed by atoms with Crippen LogP contribution >= 0.6 is 11.3 Å². The summed E-state index contributed by atoms with van der Waals surface area (Å²) in [6.45, 7) is 4.20. The van der Waals surface area contributed by atoms with E-state index in [9.17, 15) is 14.4 Å². The zero-order valence-corrected chi connectivity index (χ0v) is 17.5. The number of carbonyl (C=O) groups is 3. The molecule has 0 radical (unpaired) electrons. The molecule has 4 rings (SSSR count). The van der Waals surface area contributed by atoms with Gasteiger partial charge in [-0.15, -0.1) is 16.4 Å². The van der Waals surface area contributed by atoms with Gasteiger partial charge in [0.15, 0.2) is 5.78 Å². The van der Waals surface area contributed by atoms with E-state index < -0.39 is 23.7 Å². The molecule has 0 aliphatic carbocycles. The Bertz CT molecular complexity index is 1100. The van der Waals surface area contributed by atoms with E-state index in [2.05, 4.69) is 20.8 Å². The smallest absolute Gasteiger partial charge is 0.316 e. The van der Waals surface area contributed by atoms with Crippen LogP contribution in [0.5, 0.6) is 0 Å². The summed E-state index contributed by atoms with van der Waals surface area (Å²) in [6, 6.07) is 7.50. The summed E-state index contributed by atoms with van der Waals surface area (Å²) in [5.41, 5.74) is 0.849. The van der Waals surface area contributed by atoms with Gasteiger partial charge in [0.2, 0.25) is 5.78 Å². The molecule has 156 valence electrons. The molecule has 1 fully saturated rings. The van der Waals surface area contributed by atoms with Crippen LogP contribution in [0, 0.1) is 11.8 Å². The second kappa shape index (κ2) is 8.35. The molecule has 1 aliphatic heterocycles. The van der Waals surface area contributed by atoms with Crippen molar-refractivity contribution in [3.05, 3.63) is 29.6 Å². The number of anilines is 1. The predicted octanol–water partition coefficient (Wildman–Crippen LogP) is 3.05. The van der Waals surface area contributed by atoms with Gasteiger partial charge in [0.05, 0.1) is 11.6 Å². The Balaban J connectivity index is 1.49. The average molecular weight is 426 g/mol. The van der Waals surface area contributed by atoms with Crippen LogP contribution in [-0.2, 0) is 14.4 Å². The number of fused-ring (bicyclic) bond motifs is 1. The lowest BCUT2D eigenvalue weighted by atomic mass is 9.87. The fourth-order valence-corrected chi connectivity index (χ4v) is 4.55. The zero-order valence-electron chi connectivity index (χ0n) is 16.7. The summed E-state index contributed by atoms with van der Waals surface area (Å²) in [5, 5.41) is 16.7. The lowest BCUT2D eigenvalue weighted by Crippen LogP contribution is -2.45. The highest BCUT2D eigenvalue weighted by Crippen LogP contribution is 2.33. The van der Waals surface area contributed by atoms with Crippen LogP contribution in [0.4, 0.5) is 6.01 Å². The Kier molecular flexibility index (Phi) is 5.63. The first-order valence-corrected chi connectivity index (χ1v) is 10.7. The molecule has 1 amide bonds. The lowest BCUT2D eigenvalue weighted by molar-refractivity contribution is -0.143. The van der Waals surface area contributed by atoms with E-state index in [0.717, 1.165) is 15.6 Å². The third kappa shape index (κ3) is 3.97. The van der Waals surface area contributed by atoms with E-state index in [4.69, 9.17) is 4.42 Å². The molecule has 0 saturated carbocycles. The van der Waals surface area contributed by atoms with Crippen LogP contribution in [-0.4, -0.2) is 40.3 Å². The SMILES string of the molecule is CC(C)C(Nc1nnc(-c2csc3ccccc23)o1)C(=O)CC1CCNC(=O)C1=O. The van der Waals surface area contributed by atoms with Crippen molar-refractivity contribution in [1.29, 1.82) is 0 Å². The highest BCUT2D eigenvalue weighted by atomic mass is 32.1.